The van der Waals surface area contributed by atoms with Gasteiger partial charge in [-0.1, -0.05) is 55.5 Å². The summed E-state index contributed by atoms with van der Waals surface area (Å²) in [6.45, 7) is 4.06. The summed E-state index contributed by atoms with van der Waals surface area (Å²) < 4.78 is 0. The fraction of sp³-hybridized carbons (Fsp3) is 0.435. The predicted molar refractivity (Wildman–Crippen MR) is 108 cm³/mol. The van der Waals surface area contributed by atoms with Gasteiger partial charge in [0.1, 0.15) is 0 Å². The Bertz CT molecular complexity index is 665. The number of piperidine rings is 1. The number of nitrogens with zero attached hydrogens (tertiary/aromatic N) is 1. The minimum atomic E-state index is 0.222. The Morgan fingerprint density at radius 1 is 1.12 bits per heavy atom. The molecular weight excluding hydrogens is 320 g/mol. The van der Waals surface area contributed by atoms with Crippen molar-refractivity contribution in [1.29, 1.82) is 0 Å². The van der Waals surface area contributed by atoms with Crippen LogP contribution in [-0.4, -0.2) is 25.0 Å². The molecule has 0 bridgehead atoms. The van der Waals surface area contributed by atoms with Crippen LogP contribution in [0.3, 0.4) is 0 Å². The van der Waals surface area contributed by atoms with Gasteiger partial charge in [-0.3, -0.25) is 4.79 Å². The zero-order valence-corrected chi connectivity index (χ0v) is 15.7. The molecule has 0 saturated carbocycles. The van der Waals surface area contributed by atoms with Crippen LogP contribution < -0.4 is 10.2 Å². The minimum Gasteiger partial charge on any atom is -0.316 e. The highest BCUT2D eigenvalue weighted by Gasteiger charge is 2.31. The molecule has 3 heteroatoms. The van der Waals surface area contributed by atoms with Crippen molar-refractivity contribution in [2.24, 2.45) is 5.92 Å². The molecule has 26 heavy (non-hydrogen) atoms. The SMILES string of the molecule is CCC(=O)N(c1ccccc1)C(CCc1ccccc1)C1CCCNC1. The van der Waals surface area contributed by atoms with Crippen LogP contribution in [0.4, 0.5) is 5.69 Å². The molecule has 2 unspecified atom stereocenters. The lowest BCUT2D eigenvalue weighted by molar-refractivity contribution is -0.119. The Morgan fingerprint density at radius 2 is 1.81 bits per heavy atom. The topological polar surface area (TPSA) is 32.3 Å². The van der Waals surface area contributed by atoms with E-state index in [4.69, 9.17) is 0 Å². The number of aryl methyl sites for hydroxylation is 1. The average Bonchev–Trinajstić information content (AvgIpc) is 2.72. The van der Waals surface area contributed by atoms with Crippen LogP contribution in [0, 0.1) is 5.92 Å². The van der Waals surface area contributed by atoms with Crippen molar-refractivity contribution in [2.75, 3.05) is 18.0 Å². The van der Waals surface area contributed by atoms with Gasteiger partial charge in [0, 0.05) is 18.2 Å². The lowest BCUT2D eigenvalue weighted by atomic mass is 9.86. The van der Waals surface area contributed by atoms with E-state index >= 15 is 0 Å². The van der Waals surface area contributed by atoms with Gasteiger partial charge in [-0.2, -0.15) is 0 Å². The first-order valence-electron chi connectivity index (χ1n) is 9.91. The van der Waals surface area contributed by atoms with Gasteiger partial charge in [0.2, 0.25) is 5.91 Å². The van der Waals surface area contributed by atoms with E-state index in [1.165, 1.54) is 18.4 Å². The molecule has 3 nitrogen and oxygen atoms in total. The highest BCUT2D eigenvalue weighted by molar-refractivity contribution is 5.93. The van der Waals surface area contributed by atoms with Crippen molar-refractivity contribution in [2.45, 2.75) is 45.1 Å². The predicted octanol–water partition coefficient (Wildman–Crippen LogP) is 4.43. The van der Waals surface area contributed by atoms with E-state index in [2.05, 4.69) is 52.7 Å². The molecule has 3 rings (SSSR count). The Balaban J connectivity index is 1.86. The van der Waals surface area contributed by atoms with Crippen molar-refractivity contribution in [3.05, 3.63) is 66.2 Å². The van der Waals surface area contributed by atoms with E-state index in [0.717, 1.165) is 31.6 Å². The summed E-state index contributed by atoms with van der Waals surface area (Å²) in [5.41, 5.74) is 2.38. The van der Waals surface area contributed by atoms with Crippen molar-refractivity contribution < 1.29 is 4.79 Å². The van der Waals surface area contributed by atoms with Gasteiger partial charge in [-0.25, -0.2) is 0 Å². The van der Waals surface area contributed by atoms with Crippen molar-refractivity contribution in [1.82, 2.24) is 5.32 Å². The number of amides is 1. The molecule has 1 saturated heterocycles. The molecule has 1 aliphatic heterocycles. The molecular formula is C23H30N2O. The quantitative estimate of drug-likeness (QED) is 0.801. The molecule has 0 radical (unpaired) electrons. The molecule has 1 amide bonds. The van der Waals surface area contributed by atoms with Crippen LogP contribution in [0.2, 0.25) is 0 Å². The van der Waals surface area contributed by atoms with E-state index in [0.29, 0.717) is 12.3 Å². The van der Waals surface area contributed by atoms with Gasteiger partial charge >= 0.3 is 0 Å². The molecule has 2 atom stereocenters. The van der Waals surface area contributed by atoms with Crippen LogP contribution in [-0.2, 0) is 11.2 Å². The molecule has 1 aliphatic rings. The van der Waals surface area contributed by atoms with Crippen LogP contribution in [0.15, 0.2) is 60.7 Å². The summed E-state index contributed by atoms with van der Waals surface area (Å²) in [6, 6.07) is 21.1. The van der Waals surface area contributed by atoms with Crippen LogP contribution in [0.25, 0.3) is 0 Å². The van der Waals surface area contributed by atoms with Crippen LogP contribution in [0.5, 0.6) is 0 Å². The number of hydrogen-bond donors (Lipinski definition) is 1. The molecule has 138 valence electrons. The number of carbonyl (C=O) groups excluding carboxylic acids is 1. The van der Waals surface area contributed by atoms with Crippen molar-refractivity contribution in [3.8, 4) is 0 Å². The monoisotopic (exact) mass is 350 g/mol. The van der Waals surface area contributed by atoms with Crippen molar-refractivity contribution >= 4 is 11.6 Å². The zero-order valence-electron chi connectivity index (χ0n) is 15.7. The molecule has 2 aromatic carbocycles. The first-order chi connectivity index (χ1) is 12.8. The standard InChI is InChI=1S/C23H30N2O/c1-2-23(26)25(21-13-7-4-8-14-21)22(20-12-9-17-24-18-20)16-15-19-10-5-3-6-11-19/h3-8,10-11,13-14,20,22,24H,2,9,12,15-18H2,1H3. The molecule has 1 heterocycles. The summed E-state index contributed by atoms with van der Waals surface area (Å²) in [7, 11) is 0. The summed E-state index contributed by atoms with van der Waals surface area (Å²) in [5.74, 6) is 0.725. The summed E-state index contributed by atoms with van der Waals surface area (Å²) in [4.78, 5) is 15.0. The second-order valence-corrected chi connectivity index (χ2v) is 7.15. The molecule has 1 fully saturated rings. The Hall–Kier alpha value is -2.13. The molecule has 1 N–H and O–H groups in total. The summed E-state index contributed by atoms with van der Waals surface area (Å²) >= 11 is 0. The number of carbonyl (C=O) groups is 1. The van der Waals surface area contributed by atoms with E-state index in [-0.39, 0.29) is 11.9 Å². The van der Waals surface area contributed by atoms with Crippen LogP contribution >= 0.6 is 0 Å². The molecule has 2 aromatic rings. The average molecular weight is 351 g/mol. The van der Waals surface area contributed by atoms with E-state index in [9.17, 15) is 4.79 Å². The Morgan fingerprint density at radius 3 is 2.42 bits per heavy atom. The smallest absolute Gasteiger partial charge is 0.226 e. The van der Waals surface area contributed by atoms with E-state index in [1.54, 1.807) is 0 Å². The minimum absolute atomic E-state index is 0.222. The van der Waals surface area contributed by atoms with Gasteiger partial charge in [0.15, 0.2) is 0 Å². The summed E-state index contributed by atoms with van der Waals surface area (Å²) in [6.07, 6.45) is 4.92. The molecule has 0 aliphatic carbocycles. The zero-order chi connectivity index (χ0) is 18.2. The van der Waals surface area contributed by atoms with Gasteiger partial charge < -0.3 is 10.2 Å². The fourth-order valence-electron chi connectivity index (χ4n) is 4.02. The number of benzene rings is 2. The van der Waals surface area contributed by atoms with Gasteiger partial charge in [0.05, 0.1) is 0 Å². The highest BCUT2D eigenvalue weighted by Crippen LogP contribution is 2.29. The lowest BCUT2D eigenvalue weighted by Gasteiger charge is -2.39. The number of para-hydroxylation sites is 1. The van der Waals surface area contributed by atoms with Crippen molar-refractivity contribution in [3.63, 3.8) is 0 Å². The fourth-order valence-corrected chi connectivity index (χ4v) is 4.02. The second-order valence-electron chi connectivity index (χ2n) is 7.15. The maximum Gasteiger partial charge on any atom is 0.226 e. The Kier molecular flexibility index (Phi) is 6.84. The number of anilines is 1. The maximum atomic E-state index is 12.9. The van der Waals surface area contributed by atoms with Gasteiger partial charge in [0.25, 0.3) is 0 Å². The number of nitrogens with one attached hydrogen (secondary N) is 1. The Labute approximate surface area is 157 Å². The number of hydrogen-bond acceptors (Lipinski definition) is 2. The molecule has 0 spiro atoms. The first kappa shape index (κ1) is 18.7. The second kappa shape index (κ2) is 9.54. The first-order valence-corrected chi connectivity index (χ1v) is 9.91. The lowest BCUT2D eigenvalue weighted by Crippen LogP contribution is -2.49. The normalized spacial score (nSPS) is 18.3. The maximum absolute atomic E-state index is 12.9. The highest BCUT2D eigenvalue weighted by atomic mass is 16.2. The van der Waals surface area contributed by atoms with E-state index in [1.807, 2.05) is 25.1 Å². The largest absolute Gasteiger partial charge is 0.316 e. The van der Waals surface area contributed by atoms with E-state index < -0.39 is 0 Å². The third-order valence-electron chi connectivity index (χ3n) is 5.39. The number of rotatable bonds is 7. The van der Waals surface area contributed by atoms with Gasteiger partial charge in [-0.15, -0.1) is 0 Å². The van der Waals surface area contributed by atoms with Gasteiger partial charge in [-0.05, 0) is 62.4 Å². The third-order valence-corrected chi connectivity index (χ3v) is 5.39. The summed E-state index contributed by atoms with van der Waals surface area (Å²) in [5, 5.41) is 3.54. The van der Waals surface area contributed by atoms with Crippen LogP contribution in [0.1, 0.15) is 38.2 Å². The third kappa shape index (κ3) is 4.73. The molecule has 0 aromatic heterocycles.